The number of halogens is 1. The first kappa shape index (κ1) is 18.9. The van der Waals surface area contributed by atoms with Gasteiger partial charge in [-0.15, -0.1) is 5.10 Å². The molecule has 0 fully saturated rings. The van der Waals surface area contributed by atoms with Crippen molar-refractivity contribution in [3.63, 3.8) is 0 Å². The Balaban J connectivity index is 1.62. The van der Waals surface area contributed by atoms with Gasteiger partial charge in [0.1, 0.15) is 23.4 Å². The van der Waals surface area contributed by atoms with Crippen LogP contribution in [-0.2, 0) is 11.2 Å². The predicted molar refractivity (Wildman–Crippen MR) is 106 cm³/mol. The number of ether oxygens (including phenoxy) is 1. The first-order valence-corrected chi connectivity index (χ1v) is 9.59. The van der Waals surface area contributed by atoms with E-state index < -0.39 is 6.04 Å². The number of aromatic nitrogens is 5. The minimum atomic E-state index is -0.756. The van der Waals surface area contributed by atoms with E-state index in [0.29, 0.717) is 22.3 Å². The number of anilines is 1. The average Bonchev–Trinajstić information content (AvgIpc) is 3.30. The minimum absolute atomic E-state index is 0.230. The molecule has 0 aliphatic heterocycles. The van der Waals surface area contributed by atoms with Gasteiger partial charge in [0.15, 0.2) is 5.13 Å². The second kappa shape index (κ2) is 7.92. The fraction of sp³-hybridized carbons (Fsp3) is 0.211. The Kier molecular flexibility index (Phi) is 5.17. The number of carbonyl (C=O) groups is 1. The molecule has 4 rings (SSSR count). The quantitative estimate of drug-likeness (QED) is 0.523. The lowest BCUT2D eigenvalue weighted by Crippen LogP contribution is -2.29. The van der Waals surface area contributed by atoms with Crippen molar-refractivity contribution in [2.45, 2.75) is 19.4 Å². The zero-order valence-electron chi connectivity index (χ0n) is 15.7. The Labute approximate surface area is 169 Å². The number of methoxy groups -OCH3 is 1. The number of hydrogen-bond acceptors (Lipinski definition) is 7. The summed E-state index contributed by atoms with van der Waals surface area (Å²) in [4.78, 5) is 17.5. The molecule has 2 aromatic carbocycles. The maximum atomic E-state index is 13.6. The summed E-state index contributed by atoms with van der Waals surface area (Å²) in [5.74, 6) is 0.494. The van der Waals surface area contributed by atoms with Crippen LogP contribution in [0.5, 0.6) is 5.75 Å². The topological polar surface area (TPSA) is 94.8 Å². The molecule has 8 nitrogen and oxygen atoms in total. The average molecular weight is 412 g/mol. The molecule has 0 bridgehead atoms. The van der Waals surface area contributed by atoms with Gasteiger partial charge in [0, 0.05) is 6.42 Å². The predicted octanol–water partition coefficient (Wildman–Crippen LogP) is 3.16. The van der Waals surface area contributed by atoms with E-state index in [1.807, 2.05) is 18.2 Å². The molecule has 0 aliphatic carbocycles. The van der Waals surface area contributed by atoms with Crippen LogP contribution in [0.15, 0.2) is 42.5 Å². The lowest BCUT2D eigenvalue weighted by Gasteiger charge is -2.16. The largest absolute Gasteiger partial charge is 0.497 e. The summed E-state index contributed by atoms with van der Waals surface area (Å²) in [6.07, 6.45) is 0.230. The molecule has 10 heteroatoms. The second-order valence-electron chi connectivity index (χ2n) is 6.36. The Bertz CT molecular complexity index is 1170. The summed E-state index contributed by atoms with van der Waals surface area (Å²) in [5.41, 5.74) is 1.42. The molecule has 0 saturated carbocycles. The number of carbonyl (C=O) groups excluding carboxylic acids is 1. The number of nitrogens with zero attached hydrogens (tertiary/aromatic N) is 5. The molecule has 1 unspecified atom stereocenters. The number of aryl methyl sites for hydroxylation is 1. The number of rotatable bonds is 6. The molecular weight excluding hydrogens is 395 g/mol. The highest BCUT2D eigenvalue weighted by Gasteiger charge is 2.25. The van der Waals surface area contributed by atoms with Crippen LogP contribution in [0.4, 0.5) is 9.52 Å². The summed E-state index contributed by atoms with van der Waals surface area (Å²) >= 11 is 1.34. The van der Waals surface area contributed by atoms with Crippen LogP contribution in [0.25, 0.3) is 10.2 Å². The number of benzene rings is 2. The zero-order valence-corrected chi connectivity index (χ0v) is 16.5. The molecular formula is C19H17FN6O2S. The monoisotopic (exact) mass is 412 g/mol. The van der Waals surface area contributed by atoms with Crippen molar-refractivity contribution in [1.29, 1.82) is 0 Å². The molecule has 1 atom stereocenters. The van der Waals surface area contributed by atoms with Crippen molar-refractivity contribution < 1.29 is 13.9 Å². The standard InChI is InChI=1S/C19H17FN6O2S/c1-11-23-24-25-26(11)16(9-12-4-3-5-13(20)8-12)18(27)22-19-21-15-7-6-14(28-2)10-17(15)29-19/h3-8,10,16H,9H2,1-2H3,(H,21,22,27). The van der Waals surface area contributed by atoms with Gasteiger partial charge in [0.2, 0.25) is 0 Å². The Hall–Kier alpha value is -3.40. The van der Waals surface area contributed by atoms with Gasteiger partial charge < -0.3 is 10.1 Å². The van der Waals surface area contributed by atoms with Gasteiger partial charge in [0.05, 0.1) is 17.3 Å². The highest BCUT2D eigenvalue weighted by atomic mass is 32.1. The molecule has 0 saturated heterocycles. The van der Waals surface area contributed by atoms with Crippen molar-refractivity contribution in [2.24, 2.45) is 0 Å². The van der Waals surface area contributed by atoms with Crippen LogP contribution in [0.3, 0.4) is 0 Å². The van der Waals surface area contributed by atoms with Gasteiger partial charge >= 0.3 is 0 Å². The molecule has 1 amide bonds. The first-order chi connectivity index (χ1) is 14.0. The van der Waals surface area contributed by atoms with E-state index in [9.17, 15) is 9.18 Å². The highest BCUT2D eigenvalue weighted by Crippen LogP contribution is 2.30. The highest BCUT2D eigenvalue weighted by molar-refractivity contribution is 7.22. The minimum Gasteiger partial charge on any atom is -0.497 e. The number of tetrazole rings is 1. The number of amides is 1. The number of hydrogen-bond donors (Lipinski definition) is 1. The Morgan fingerprint density at radius 2 is 2.17 bits per heavy atom. The molecule has 0 radical (unpaired) electrons. The molecule has 2 heterocycles. The van der Waals surface area contributed by atoms with Crippen LogP contribution < -0.4 is 10.1 Å². The van der Waals surface area contributed by atoms with E-state index in [2.05, 4.69) is 25.8 Å². The van der Waals surface area contributed by atoms with Crippen molar-refractivity contribution in [2.75, 3.05) is 12.4 Å². The van der Waals surface area contributed by atoms with Crippen LogP contribution in [0.1, 0.15) is 17.4 Å². The normalized spacial score (nSPS) is 12.1. The molecule has 0 spiro atoms. The number of nitrogens with one attached hydrogen (secondary N) is 1. The van der Waals surface area contributed by atoms with Gasteiger partial charge in [-0.3, -0.25) is 4.79 Å². The summed E-state index contributed by atoms with van der Waals surface area (Å²) in [7, 11) is 1.59. The van der Waals surface area contributed by atoms with E-state index in [1.54, 1.807) is 26.2 Å². The fourth-order valence-electron chi connectivity index (χ4n) is 2.98. The van der Waals surface area contributed by atoms with Crippen molar-refractivity contribution in [3.05, 3.63) is 59.7 Å². The molecule has 2 aromatic heterocycles. The Morgan fingerprint density at radius 3 is 2.90 bits per heavy atom. The van der Waals surface area contributed by atoms with Crippen LogP contribution in [-0.4, -0.2) is 38.2 Å². The first-order valence-electron chi connectivity index (χ1n) is 8.78. The zero-order chi connectivity index (χ0) is 20.4. The van der Waals surface area contributed by atoms with Gasteiger partial charge in [0.25, 0.3) is 5.91 Å². The third-order valence-electron chi connectivity index (χ3n) is 4.40. The molecule has 0 aliphatic rings. The third-order valence-corrected chi connectivity index (χ3v) is 5.33. The Morgan fingerprint density at radius 1 is 1.31 bits per heavy atom. The van der Waals surface area contributed by atoms with Crippen LogP contribution >= 0.6 is 11.3 Å². The number of thiazole rings is 1. The van der Waals surface area contributed by atoms with Crippen LogP contribution in [0.2, 0.25) is 0 Å². The van der Waals surface area contributed by atoms with Crippen LogP contribution in [0, 0.1) is 12.7 Å². The third kappa shape index (κ3) is 4.06. The summed E-state index contributed by atoms with van der Waals surface area (Å²) in [6.45, 7) is 1.70. The van der Waals surface area contributed by atoms with E-state index in [0.717, 1.165) is 10.2 Å². The van der Waals surface area contributed by atoms with Crippen molar-refractivity contribution in [1.82, 2.24) is 25.2 Å². The molecule has 1 N–H and O–H groups in total. The lowest BCUT2D eigenvalue weighted by molar-refractivity contribution is -0.119. The second-order valence-corrected chi connectivity index (χ2v) is 7.39. The van der Waals surface area contributed by atoms with E-state index in [1.165, 1.54) is 28.2 Å². The van der Waals surface area contributed by atoms with Gasteiger partial charge in [-0.25, -0.2) is 14.1 Å². The maximum Gasteiger partial charge on any atom is 0.251 e. The fourth-order valence-corrected chi connectivity index (χ4v) is 3.87. The van der Waals surface area contributed by atoms with E-state index in [-0.39, 0.29) is 18.1 Å². The van der Waals surface area contributed by atoms with Gasteiger partial charge in [-0.1, -0.05) is 23.5 Å². The number of fused-ring (bicyclic) bond motifs is 1. The van der Waals surface area contributed by atoms with E-state index >= 15 is 0 Å². The summed E-state index contributed by atoms with van der Waals surface area (Å²) in [6, 6.07) is 10.9. The maximum absolute atomic E-state index is 13.6. The van der Waals surface area contributed by atoms with Gasteiger partial charge in [-0.05, 0) is 53.2 Å². The molecule has 4 aromatic rings. The van der Waals surface area contributed by atoms with Crippen molar-refractivity contribution >= 4 is 32.6 Å². The molecule has 29 heavy (non-hydrogen) atoms. The van der Waals surface area contributed by atoms with E-state index in [4.69, 9.17) is 4.74 Å². The van der Waals surface area contributed by atoms with Crippen molar-refractivity contribution in [3.8, 4) is 5.75 Å². The summed E-state index contributed by atoms with van der Waals surface area (Å²) < 4.78 is 21.1. The van der Waals surface area contributed by atoms with Gasteiger partial charge in [-0.2, -0.15) is 0 Å². The molecule has 148 valence electrons. The lowest BCUT2D eigenvalue weighted by atomic mass is 10.1. The summed E-state index contributed by atoms with van der Waals surface area (Å²) in [5, 5.41) is 14.7. The smallest absolute Gasteiger partial charge is 0.251 e. The SMILES string of the molecule is COc1ccc2nc(NC(=O)C(Cc3cccc(F)c3)n3nnnc3C)sc2c1.